The van der Waals surface area contributed by atoms with Crippen LogP contribution >= 0.6 is 11.6 Å². The molecule has 0 amide bonds. The number of nitrogens with zero attached hydrogens (tertiary/aromatic N) is 2. The van der Waals surface area contributed by atoms with Gasteiger partial charge in [0, 0.05) is 30.5 Å². The van der Waals surface area contributed by atoms with Crippen LogP contribution in [0.25, 0.3) is 0 Å². The van der Waals surface area contributed by atoms with E-state index in [-0.39, 0.29) is 39.8 Å². The number of aryl methyl sites for hydroxylation is 1. The molecule has 3 saturated carbocycles. The Kier molecular flexibility index (Phi) is 4.91. The Balaban J connectivity index is 1.21. The van der Waals surface area contributed by atoms with Gasteiger partial charge in [-0.2, -0.15) is 10.2 Å². The van der Waals surface area contributed by atoms with Crippen molar-refractivity contribution in [1.29, 1.82) is 0 Å². The molecular weight excluding hydrogens is 383 g/mol. The second-order valence-electron chi connectivity index (χ2n) is 8.03. The monoisotopic (exact) mass is 402 g/mol. The Morgan fingerprint density at radius 3 is 2.68 bits per heavy atom. The van der Waals surface area contributed by atoms with Crippen LogP contribution in [0.3, 0.4) is 0 Å². The van der Waals surface area contributed by atoms with Crippen molar-refractivity contribution in [2.24, 2.45) is 10.8 Å². The van der Waals surface area contributed by atoms with E-state index in [9.17, 15) is 14.0 Å². The standard InChI is InChI=1S/C21H20ClFN2O3/c22-17-5-4-16(8-18(17)23)28-10-15(26)9-20-11-21(12-20,13-20)19(27)6-3-14-2-1-7-24-25-14/h1-2,4-5,7-8H,3,6,9-13H2. The number of carbonyl (C=O) groups excluding carboxylic acids is 2. The zero-order valence-electron chi connectivity index (χ0n) is 15.3. The summed E-state index contributed by atoms with van der Waals surface area (Å²) in [6.07, 6.45) is 5.42. The normalized spacial score (nSPS) is 24.8. The van der Waals surface area contributed by atoms with E-state index in [0.717, 1.165) is 25.0 Å². The van der Waals surface area contributed by atoms with E-state index in [2.05, 4.69) is 10.2 Å². The molecule has 2 bridgehead atoms. The lowest BCUT2D eigenvalue weighted by molar-refractivity contribution is -0.208. The molecule has 1 heterocycles. The van der Waals surface area contributed by atoms with E-state index in [1.807, 2.05) is 12.1 Å². The third-order valence-electron chi connectivity index (χ3n) is 5.83. The third kappa shape index (κ3) is 3.65. The first kappa shape index (κ1) is 19.0. The van der Waals surface area contributed by atoms with Gasteiger partial charge in [-0.1, -0.05) is 11.6 Å². The average molecular weight is 403 g/mol. The minimum absolute atomic E-state index is 0.0156. The Labute approximate surface area is 167 Å². The van der Waals surface area contributed by atoms with Gasteiger partial charge in [-0.3, -0.25) is 9.59 Å². The van der Waals surface area contributed by atoms with E-state index in [1.54, 1.807) is 6.20 Å². The van der Waals surface area contributed by atoms with Gasteiger partial charge in [-0.05, 0) is 55.4 Å². The van der Waals surface area contributed by atoms with Gasteiger partial charge in [0.1, 0.15) is 24.0 Å². The molecule has 0 N–H and O–H groups in total. The molecule has 0 aliphatic heterocycles. The third-order valence-corrected chi connectivity index (χ3v) is 6.14. The van der Waals surface area contributed by atoms with Crippen LogP contribution in [0, 0.1) is 16.6 Å². The molecule has 0 radical (unpaired) electrons. The van der Waals surface area contributed by atoms with Gasteiger partial charge in [-0.25, -0.2) is 4.39 Å². The predicted molar refractivity (Wildman–Crippen MR) is 101 cm³/mol. The highest BCUT2D eigenvalue weighted by atomic mass is 35.5. The number of hydrogen-bond donors (Lipinski definition) is 0. The van der Waals surface area contributed by atoms with Crippen molar-refractivity contribution in [2.75, 3.05) is 6.61 Å². The van der Waals surface area contributed by atoms with Gasteiger partial charge in [-0.15, -0.1) is 0 Å². The lowest BCUT2D eigenvalue weighted by atomic mass is 9.33. The molecule has 3 fully saturated rings. The van der Waals surface area contributed by atoms with Gasteiger partial charge >= 0.3 is 0 Å². The maximum absolute atomic E-state index is 13.4. The molecule has 5 nitrogen and oxygen atoms in total. The number of ether oxygens (including phenoxy) is 1. The van der Waals surface area contributed by atoms with Crippen LogP contribution < -0.4 is 4.74 Å². The van der Waals surface area contributed by atoms with Crippen LogP contribution in [-0.2, 0) is 16.0 Å². The summed E-state index contributed by atoms with van der Waals surface area (Å²) in [5, 5.41) is 7.85. The molecule has 0 unspecified atom stereocenters. The van der Waals surface area contributed by atoms with E-state index in [4.69, 9.17) is 16.3 Å². The van der Waals surface area contributed by atoms with Crippen LogP contribution in [0.1, 0.15) is 37.8 Å². The van der Waals surface area contributed by atoms with Crippen molar-refractivity contribution in [3.63, 3.8) is 0 Å². The van der Waals surface area contributed by atoms with Gasteiger partial charge < -0.3 is 4.74 Å². The number of benzene rings is 1. The van der Waals surface area contributed by atoms with Crippen molar-refractivity contribution >= 4 is 23.2 Å². The van der Waals surface area contributed by atoms with Crippen molar-refractivity contribution in [3.05, 3.63) is 53.1 Å². The Morgan fingerprint density at radius 1 is 1.21 bits per heavy atom. The van der Waals surface area contributed by atoms with Crippen molar-refractivity contribution in [3.8, 4) is 5.75 Å². The molecule has 2 aromatic rings. The number of Topliss-reactive ketones (excluding diaryl/α,β-unsaturated/α-hetero) is 2. The summed E-state index contributed by atoms with van der Waals surface area (Å²) >= 11 is 5.63. The molecule has 0 spiro atoms. The number of rotatable bonds is 9. The predicted octanol–water partition coefficient (Wildman–Crippen LogP) is 3.98. The zero-order chi connectivity index (χ0) is 19.8. The number of halogens is 2. The first-order valence-electron chi connectivity index (χ1n) is 9.29. The summed E-state index contributed by atoms with van der Waals surface area (Å²) in [6.45, 7) is -0.101. The van der Waals surface area contributed by atoms with Crippen LogP contribution in [0.15, 0.2) is 36.5 Å². The molecule has 7 heteroatoms. The zero-order valence-corrected chi connectivity index (χ0v) is 16.0. The quantitative estimate of drug-likeness (QED) is 0.634. The van der Waals surface area contributed by atoms with E-state index < -0.39 is 5.82 Å². The number of carbonyl (C=O) groups is 2. The van der Waals surface area contributed by atoms with E-state index >= 15 is 0 Å². The Morgan fingerprint density at radius 2 is 2.00 bits per heavy atom. The van der Waals surface area contributed by atoms with Crippen molar-refractivity contribution < 1.29 is 18.7 Å². The fourth-order valence-corrected chi connectivity index (χ4v) is 4.77. The van der Waals surface area contributed by atoms with Crippen molar-refractivity contribution in [1.82, 2.24) is 10.2 Å². The highest BCUT2D eigenvalue weighted by molar-refractivity contribution is 6.30. The van der Waals surface area contributed by atoms with Crippen LogP contribution in [-0.4, -0.2) is 28.4 Å². The maximum atomic E-state index is 13.4. The summed E-state index contributed by atoms with van der Waals surface area (Å²) in [5.41, 5.74) is 0.541. The van der Waals surface area contributed by atoms with Gasteiger partial charge in [0.25, 0.3) is 0 Å². The molecule has 5 rings (SSSR count). The SMILES string of the molecule is O=C(COc1ccc(Cl)c(F)c1)CC12CC(C(=O)CCc3cccnn3)(C1)C2. The molecule has 3 aliphatic rings. The lowest BCUT2D eigenvalue weighted by Crippen LogP contribution is -2.66. The second-order valence-corrected chi connectivity index (χ2v) is 8.44. The molecule has 1 aromatic carbocycles. The molecule has 146 valence electrons. The lowest BCUT2D eigenvalue weighted by Gasteiger charge is -2.70. The molecular formula is C21H20ClFN2O3. The fourth-order valence-electron chi connectivity index (χ4n) is 4.65. The van der Waals surface area contributed by atoms with E-state index in [0.29, 0.717) is 19.3 Å². The van der Waals surface area contributed by atoms with Crippen LogP contribution in [0.2, 0.25) is 5.02 Å². The molecule has 28 heavy (non-hydrogen) atoms. The van der Waals surface area contributed by atoms with Gasteiger partial charge in [0.2, 0.25) is 0 Å². The Hall–Kier alpha value is -2.34. The fraction of sp³-hybridized carbons (Fsp3) is 0.429. The summed E-state index contributed by atoms with van der Waals surface area (Å²) in [7, 11) is 0. The first-order chi connectivity index (χ1) is 13.4. The number of hydrogen-bond acceptors (Lipinski definition) is 5. The van der Waals surface area contributed by atoms with Crippen LogP contribution in [0.4, 0.5) is 4.39 Å². The largest absolute Gasteiger partial charge is 0.486 e. The summed E-state index contributed by atoms with van der Waals surface area (Å²) in [5.74, 6) is -0.0625. The van der Waals surface area contributed by atoms with Gasteiger partial charge in [0.15, 0.2) is 5.78 Å². The minimum Gasteiger partial charge on any atom is -0.486 e. The number of aromatic nitrogens is 2. The molecule has 0 atom stereocenters. The highest BCUT2D eigenvalue weighted by Gasteiger charge is 2.70. The smallest absolute Gasteiger partial charge is 0.170 e. The highest BCUT2D eigenvalue weighted by Crippen LogP contribution is 2.75. The first-order valence-corrected chi connectivity index (χ1v) is 9.67. The molecule has 0 saturated heterocycles. The van der Waals surface area contributed by atoms with E-state index in [1.165, 1.54) is 18.2 Å². The topological polar surface area (TPSA) is 69.2 Å². The molecule has 1 aromatic heterocycles. The van der Waals surface area contributed by atoms with Crippen molar-refractivity contribution in [2.45, 2.75) is 38.5 Å². The molecule has 3 aliphatic carbocycles. The minimum atomic E-state index is -0.576. The van der Waals surface area contributed by atoms with Gasteiger partial charge in [0.05, 0.1) is 10.7 Å². The maximum Gasteiger partial charge on any atom is 0.170 e. The Bertz CT molecular complexity index is 899. The second kappa shape index (κ2) is 7.24. The average Bonchev–Trinajstić information content (AvgIpc) is 2.63. The van der Waals surface area contributed by atoms with Crippen LogP contribution in [0.5, 0.6) is 5.75 Å². The summed E-state index contributed by atoms with van der Waals surface area (Å²) in [6, 6.07) is 7.78. The summed E-state index contributed by atoms with van der Waals surface area (Å²) in [4.78, 5) is 24.8. The summed E-state index contributed by atoms with van der Waals surface area (Å²) < 4.78 is 18.8. The number of ketones is 2.